The first-order valence-corrected chi connectivity index (χ1v) is 10.2. The van der Waals surface area contributed by atoms with Gasteiger partial charge in [-0.2, -0.15) is 0 Å². The molecule has 0 unspecified atom stereocenters. The van der Waals surface area contributed by atoms with Gasteiger partial charge in [-0.25, -0.2) is 0 Å². The number of non-ortho nitro benzene ring substituents is 1. The molecule has 1 aromatic heterocycles. The first-order valence-electron chi connectivity index (χ1n) is 10.2. The summed E-state index contributed by atoms with van der Waals surface area (Å²) in [5.41, 5.74) is 5.76. The first kappa shape index (κ1) is 19.1. The highest BCUT2D eigenvalue weighted by molar-refractivity contribution is 5.95. The summed E-state index contributed by atoms with van der Waals surface area (Å²) in [5.74, 6) is -0.0450. The number of rotatable bonds is 3. The smallest absolute Gasteiger partial charge is 0.269 e. The lowest BCUT2D eigenvalue weighted by atomic mass is 9.91. The number of nitro benzene ring substituents is 1. The quantitative estimate of drug-likeness (QED) is 0.373. The number of aryl methyl sites for hydroxylation is 1. The molecule has 1 amide bonds. The molecule has 6 nitrogen and oxygen atoms in total. The number of nitro groups is 1. The monoisotopic (exact) mass is 411 g/mol. The molecule has 1 N–H and O–H groups in total. The maximum atomic E-state index is 13.5. The van der Waals surface area contributed by atoms with Gasteiger partial charge in [-0.3, -0.25) is 14.9 Å². The molecule has 0 fully saturated rings. The standard InChI is InChI=1S/C25H21N3O3/c1-16-5-4-6-18(15-16)25(29)27-14-13-21-20-7-2-3-8-22(20)26-23(21)24(27)17-9-11-19(12-10-17)28(30)31/h2-12,15,24,26H,13-14H2,1H3/t24-/m0/s1. The van der Waals surface area contributed by atoms with Crippen LogP contribution in [0.25, 0.3) is 10.9 Å². The topological polar surface area (TPSA) is 79.2 Å². The highest BCUT2D eigenvalue weighted by Crippen LogP contribution is 2.39. The third-order valence-corrected chi connectivity index (χ3v) is 5.98. The van der Waals surface area contributed by atoms with Crippen LogP contribution in [0, 0.1) is 17.0 Å². The normalized spacial score (nSPS) is 15.6. The Morgan fingerprint density at radius 3 is 2.58 bits per heavy atom. The van der Waals surface area contributed by atoms with Gasteiger partial charge in [-0.05, 0) is 54.8 Å². The second kappa shape index (κ2) is 7.40. The van der Waals surface area contributed by atoms with Crippen molar-refractivity contribution in [3.05, 3.63) is 111 Å². The predicted octanol–water partition coefficient (Wildman–Crippen LogP) is 5.17. The van der Waals surface area contributed by atoms with Crippen LogP contribution in [-0.4, -0.2) is 27.3 Å². The van der Waals surface area contributed by atoms with Crippen LogP contribution in [0.1, 0.15) is 38.8 Å². The Morgan fingerprint density at radius 2 is 1.84 bits per heavy atom. The number of hydrogen-bond donors (Lipinski definition) is 1. The number of para-hydroxylation sites is 1. The van der Waals surface area contributed by atoms with Gasteiger partial charge in [0.2, 0.25) is 0 Å². The Hall–Kier alpha value is -3.93. The number of nitrogens with one attached hydrogen (secondary N) is 1. The third kappa shape index (κ3) is 3.26. The number of fused-ring (bicyclic) bond motifs is 3. The van der Waals surface area contributed by atoms with Crippen LogP contribution in [-0.2, 0) is 6.42 Å². The van der Waals surface area contributed by atoms with Crippen molar-refractivity contribution in [2.45, 2.75) is 19.4 Å². The highest BCUT2D eigenvalue weighted by Gasteiger charge is 2.35. The average Bonchev–Trinajstić information content (AvgIpc) is 3.17. The van der Waals surface area contributed by atoms with Crippen LogP contribution in [0.15, 0.2) is 72.8 Å². The molecule has 5 rings (SSSR count). The van der Waals surface area contributed by atoms with Crippen LogP contribution in [0.2, 0.25) is 0 Å². The van der Waals surface area contributed by atoms with Gasteiger partial charge in [0.1, 0.15) is 0 Å². The summed E-state index contributed by atoms with van der Waals surface area (Å²) >= 11 is 0. The van der Waals surface area contributed by atoms with Crippen LogP contribution < -0.4 is 0 Å². The second-order valence-corrected chi connectivity index (χ2v) is 7.93. The molecule has 1 aliphatic heterocycles. The number of aromatic amines is 1. The lowest BCUT2D eigenvalue weighted by molar-refractivity contribution is -0.384. The largest absolute Gasteiger partial charge is 0.356 e. The minimum Gasteiger partial charge on any atom is -0.356 e. The molecular weight excluding hydrogens is 390 g/mol. The van der Waals surface area contributed by atoms with Crippen molar-refractivity contribution in [2.75, 3.05) is 6.54 Å². The maximum absolute atomic E-state index is 13.5. The molecule has 0 spiro atoms. The summed E-state index contributed by atoms with van der Waals surface area (Å²) < 4.78 is 0. The maximum Gasteiger partial charge on any atom is 0.269 e. The zero-order valence-electron chi connectivity index (χ0n) is 17.0. The van der Waals surface area contributed by atoms with Crippen molar-refractivity contribution >= 4 is 22.5 Å². The minimum atomic E-state index is -0.408. The first-order chi connectivity index (χ1) is 15.0. The molecule has 0 radical (unpaired) electrons. The number of amides is 1. The van der Waals surface area contributed by atoms with Crippen molar-refractivity contribution < 1.29 is 9.72 Å². The van der Waals surface area contributed by atoms with Crippen molar-refractivity contribution in [1.82, 2.24) is 9.88 Å². The van der Waals surface area contributed by atoms with Gasteiger partial charge in [-0.1, -0.05) is 35.9 Å². The molecule has 0 bridgehead atoms. The number of nitrogens with zero attached hydrogens (tertiary/aromatic N) is 2. The molecule has 0 saturated heterocycles. The van der Waals surface area contributed by atoms with Crippen LogP contribution in [0.3, 0.4) is 0 Å². The molecular formula is C25H21N3O3. The van der Waals surface area contributed by atoms with Crippen LogP contribution in [0.5, 0.6) is 0 Å². The Morgan fingerprint density at radius 1 is 1.06 bits per heavy atom. The molecule has 0 saturated carbocycles. The van der Waals surface area contributed by atoms with Gasteiger partial charge < -0.3 is 9.88 Å². The Labute approximate surface area is 179 Å². The number of hydrogen-bond acceptors (Lipinski definition) is 3. The Kier molecular flexibility index (Phi) is 4.55. The van der Waals surface area contributed by atoms with E-state index in [1.807, 2.05) is 54.3 Å². The molecule has 0 aliphatic carbocycles. The lowest BCUT2D eigenvalue weighted by Crippen LogP contribution is -2.40. The lowest BCUT2D eigenvalue weighted by Gasteiger charge is -2.36. The Bertz CT molecular complexity index is 1310. The van der Waals surface area contributed by atoms with E-state index in [0.29, 0.717) is 12.1 Å². The average molecular weight is 411 g/mol. The summed E-state index contributed by atoms with van der Waals surface area (Å²) in [6.07, 6.45) is 0.750. The zero-order valence-corrected chi connectivity index (χ0v) is 17.0. The van der Waals surface area contributed by atoms with E-state index in [4.69, 9.17) is 0 Å². The molecule has 2 heterocycles. The van der Waals surface area contributed by atoms with Crippen molar-refractivity contribution in [3.8, 4) is 0 Å². The van der Waals surface area contributed by atoms with Gasteiger partial charge in [-0.15, -0.1) is 0 Å². The van der Waals surface area contributed by atoms with Crippen molar-refractivity contribution in [2.24, 2.45) is 0 Å². The van der Waals surface area contributed by atoms with Gasteiger partial charge in [0.05, 0.1) is 11.0 Å². The van der Waals surface area contributed by atoms with Gasteiger partial charge in [0.25, 0.3) is 11.6 Å². The van der Waals surface area contributed by atoms with E-state index in [0.717, 1.165) is 34.1 Å². The molecule has 6 heteroatoms. The molecule has 154 valence electrons. The Balaban J connectivity index is 1.65. The summed E-state index contributed by atoms with van der Waals surface area (Å²) in [4.78, 5) is 29.7. The van der Waals surface area contributed by atoms with E-state index in [-0.39, 0.29) is 17.6 Å². The number of carbonyl (C=O) groups excluding carboxylic acids is 1. The van der Waals surface area contributed by atoms with Crippen molar-refractivity contribution in [3.63, 3.8) is 0 Å². The number of carbonyl (C=O) groups is 1. The number of benzene rings is 3. The van der Waals surface area contributed by atoms with Gasteiger partial charge in [0, 0.05) is 40.8 Å². The number of aromatic nitrogens is 1. The van der Waals surface area contributed by atoms with E-state index in [1.54, 1.807) is 12.1 Å². The van der Waals surface area contributed by atoms with Crippen LogP contribution >= 0.6 is 0 Å². The van der Waals surface area contributed by atoms with Gasteiger partial charge >= 0.3 is 0 Å². The third-order valence-electron chi connectivity index (χ3n) is 5.98. The zero-order chi connectivity index (χ0) is 21.5. The summed E-state index contributed by atoms with van der Waals surface area (Å²) in [7, 11) is 0. The van der Waals surface area contributed by atoms with E-state index in [9.17, 15) is 14.9 Å². The van der Waals surface area contributed by atoms with Crippen molar-refractivity contribution in [1.29, 1.82) is 0 Å². The fourth-order valence-corrected chi connectivity index (χ4v) is 4.53. The minimum absolute atomic E-state index is 0.0352. The molecule has 31 heavy (non-hydrogen) atoms. The number of H-pyrrole nitrogens is 1. The van der Waals surface area contributed by atoms with Crippen LogP contribution in [0.4, 0.5) is 5.69 Å². The molecule has 1 atom stereocenters. The highest BCUT2D eigenvalue weighted by atomic mass is 16.6. The van der Waals surface area contributed by atoms with E-state index < -0.39 is 4.92 Å². The predicted molar refractivity (Wildman–Crippen MR) is 119 cm³/mol. The summed E-state index contributed by atoms with van der Waals surface area (Å²) in [6, 6.07) is 21.9. The summed E-state index contributed by atoms with van der Waals surface area (Å²) in [6.45, 7) is 2.54. The van der Waals surface area contributed by atoms with E-state index in [2.05, 4.69) is 11.1 Å². The molecule has 3 aromatic carbocycles. The summed E-state index contributed by atoms with van der Waals surface area (Å²) in [5, 5.41) is 12.3. The fourth-order valence-electron chi connectivity index (χ4n) is 4.53. The molecule has 1 aliphatic rings. The van der Waals surface area contributed by atoms with Gasteiger partial charge in [0.15, 0.2) is 0 Å². The SMILES string of the molecule is Cc1cccc(C(=O)N2CCc3c([nH]c4ccccc34)[C@@H]2c2ccc([N+](=O)[O-])cc2)c1. The van der Waals surface area contributed by atoms with E-state index >= 15 is 0 Å². The second-order valence-electron chi connectivity index (χ2n) is 7.93. The molecule has 4 aromatic rings. The van der Waals surface area contributed by atoms with E-state index in [1.165, 1.54) is 17.7 Å². The fraction of sp³-hybridized carbons (Fsp3) is 0.160.